The van der Waals surface area contributed by atoms with Crippen LogP contribution in [0.2, 0.25) is 0 Å². The van der Waals surface area contributed by atoms with Crippen molar-refractivity contribution in [1.29, 1.82) is 0 Å². The number of esters is 2. The molecular weight excluding hydrogens is 334 g/mol. The SMILES string of the molecule is CCN(CC)S(=O)(=O)c1ccc(C)c(C(=O)O[C@@H]2CCOC2=O)c1. The van der Waals surface area contributed by atoms with Crippen LogP contribution >= 0.6 is 0 Å². The van der Waals surface area contributed by atoms with Gasteiger partial charge in [-0.25, -0.2) is 18.0 Å². The molecule has 0 saturated carbocycles. The first-order valence-corrected chi connectivity index (χ1v) is 9.23. The van der Waals surface area contributed by atoms with Crippen molar-refractivity contribution in [3.05, 3.63) is 29.3 Å². The van der Waals surface area contributed by atoms with E-state index in [-0.39, 0.29) is 17.1 Å². The molecule has 0 unspecified atom stereocenters. The molecule has 0 radical (unpaired) electrons. The molecule has 0 aliphatic carbocycles. The fourth-order valence-electron chi connectivity index (χ4n) is 2.47. The van der Waals surface area contributed by atoms with Gasteiger partial charge in [-0.05, 0) is 24.6 Å². The number of cyclic esters (lactones) is 1. The number of nitrogens with zero attached hydrogens (tertiary/aromatic N) is 1. The largest absolute Gasteiger partial charge is 0.463 e. The van der Waals surface area contributed by atoms with Crippen molar-refractivity contribution < 1.29 is 27.5 Å². The van der Waals surface area contributed by atoms with Crippen LogP contribution < -0.4 is 0 Å². The number of carbonyl (C=O) groups excluding carboxylic acids is 2. The first-order chi connectivity index (χ1) is 11.3. The highest BCUT2D eigenvalue weighted by Crippen LogP contribution is 2.21. The fraction of sp³-hybridized carbons (Fsp3) is 0.500. The molecule has 8 heteroatoms. The van der Waals surface area contributed by atoms with Crippen LogP contribution in [-0.4, -0.2) is 50.5 Å². The second kappa shape index (κ2) is 7.31. The molecule has 1 aromatic rings. The van der Waals surface area contributed by atoms with Gasteiger partial charge in [0, 0.05) is 19.5 Å². The Kier molecular flexibility index (Phi) is 5.61. The van der Waals surface area contributed by atoms with Crippen LogP contribution in [0.3, 0.4) is 0 Å². The minimum Gasteiger partial charge on any atom is -0.463 e. The minimum absolute atomic E-state index is 0.0257. The number of ether oxygens (including phenoxy) is 2. The summed E-state index contributed by atoms with van der Waals surface area (Å²) in [5, 5.41) is 0. The molecule has 1 fully saturated rings. The number of rotatable bonds is 6. The van der Waals surface area contributed by atoms with Crippen molar-refractivity contribution >= 4 is 22.0 Å². The van der Waals surface area contributed by atoms with E-state index in [0.717, 1.165) is 0 Å². The maximum absolute atomic E-state index is 12.6. The standard InChI is InChI=1S/C16H21NO6S/c1-4-17(5-2)24(20,21)12-7-6-11(3)13(10-12)15(18)23-14-8-9-22-16(14)19/h6-7,10,14H,4-5,8-9H2,1-3H3/t14-/m1/s1. The normalized spacial score (nSPS) is 17.8. The van der Waals surface area contributed by atoms with E-state index in [1.54, 1.807) is 26.8 Å². The Labute approximate surface area is 141 Å². The van der Waals surface area contributed by atoms with Crippen molar-refractivity contribution in [2.24, 2.45) is 0 Å². The van der Waals surface area contributed by atoms with Gasteiger partial charge < -0.3 is 9.47 Å². The quantitative estimate of drug-likeness (QED) is 0.718. The number of sulfonamides is 1. The van der Waals surface area contributed by atoms with E-state index in [1.165, 1.54) is 16.4 Å². The van der Waals surface area contributed by atoms with Crippen molar-refractivity contribution in [3.8, 4) is 0 Å². The van der Waals surface area contributed by atoms with Crippen LogP contribution in [0.15, 0.2) is 23.1 Å². The number of aryl methyl sites for hydroxylation is 1. The molecule has 0 N–H and O–H groups in total. The summed E-state index contributed by atoms with van der Waals surface area (Å²) in [5.74, 6) is -1.30. The van der Waals surface area contributed by atoms with Gasteiger partial charge in [0.2, 0.25) is 16.1 Å². The first kappa shape index (κ1) is 18.4. The summed E-state index contributed by atoms with van der Waals surface area (Å²) in [5.41, 5.74) is 0.702. The Morgan fingerprint density at radius 1 is 1.33 bits per heavy atom. The molecule has 1 aromatic carbocycles. The van der Waals surface area contributed by atoms with Gasteiger partial charge in [-0.15, -0.1) is 0 Å². The van der Waals surface area contributed by atoms with E-state index in [0.29, 0.717) is 25.1 Å². The zero-order valence-corrected chi connectivity index (χ0v) is 14.8. The molecule has 24 heavy (non-hydrogen) atoms. The van der Waals surface area contributed by atoms with Gasteiger partial charge in [0.15, 0.2) is 0 Å². The average Bonchev–Trinajstić information content (AvgIpc) is 2.93. The predicted octanol–water partition coefficient (Wildman–Crippen LogP) is 1.50. The van der Waals surface area contributed by atoms with Gasteiger partial charge in [-0.3, -0.25) is 0 Å². The maximum Gasteiger partial charge on any atom is 0.347 e. The number of hydrogen-bond acceptors (Lipinski definition) is 6. The van der Waals surface area contributed by atoms with Gasteiger partial charge in [0.1, 0.15) is 0 Å². The van der Waals surface area contributed by atoms with Crippen LogP contribution in [0.4, 0.5) is 0 Å². The number of hydrogen-bond donors (Lipinski definition) is 0. The van der Waals surface area contributed by atoms with E-state index in [9.17, 15) is 18.0 Å². The molecule has 7 nitrogen and oxygen atoms in total. The summed E-state index contributed by atoms with van der Waals surface area (Å²) in [6, 6.07) is 4.31. The van der Waals surface area contributed by atoms with Gasteiger partial charge in [-0.2, -0.15) is 4.31 Å². The molecule has 0 bridgehead atoms. The van der Waals surface area contributed by atoms with E-state index in [2.05, 4.69) is 0 Å². The Balaban J connectivity index is 2.31. The molecule has 1 aliphatic rings. The number of benzene rings is 1. The summed E-state index contributed by atoms with van der Waals surface area (Å²) in [4.78, 5) is 23.8. The highest BCUT2D eigenvalue weighted by molar-refractivity contribution is 7.89. The van der Waals surface area contributed by atoms with E-state index in [1.807, 2.05) is 0 Å². The van der Waals surface area contributed by atoms with Crippen molar-refractivity contribution in [2.45, 2.75) is 38.2 Å². The van der Waals surface area contributed by atoms with Crippen LogP contribution in [0, 0.1) is 6.92 Å². The Morgan fingerprint density at radius 3 is 2.54 bits per heavy atom. The highest BCUT2D eigenvalue weighted by Gasteiger charge is 2.31. The van der Waals surface area contributed by atoms with Gasteiger partial charge in [-0.1, -0.05) is 19.9 Å². The van der Waals surface area contributed by atoms with Crippen LogP contribution in [0.25, 0.3) is 0 Å². The lowest BCUT2D eigenvalue weighted by Gasteiger charge is -2.19. The molecule has 0 amide bonds. The summed E-state index contributed by atoms with van der Waals surface area (Å²) in [6.45, 7) is 6.05. The molecule has 0 spiro atoms. The second-order valence-electron chi connectivity index (χ2n) is 5.42. The van der Waals surface area contributed by atoms with Gasteiger partial charge >= 0.3 is 11.9 Å². The average molecular weight is 355 g/mol. The zero-order chi connectivity index (χ0) is 17.9. The van der Waals surface area contributed by atoms with E-state index >= 15 is 0 Å². The predicted molar refractivity (Wildman–Crippen MR) is 86.1 cm³/mol. The molecule has 1 atom stereocenters. The van der Waals surface area contributed by atoms with Gasteiger partial charge in [0.25, 0.3) is 0 Å². The molecule has 0 aromatic heterocycles. The Morgan fingerprint density at radius 2 is 2.00 bits per heavy atom. The van der Waals surface area contributed by atoms with Crippen LogP contribution in [0.1, 0.15) is 36.2 Å². The molecule has 1 aliphatic heterocycles. The van der Waals surface area contributed by atoms with Crippen molar-refractivity contribution in [1.82, 2.24) is 4.31 Å². The summed E-state index contributed by atoms with van der Waals surface area (Å²) >= 11 is 0. The van der Waals surface area contributed by atoms with E-state index < -0.39 is 28.1 Å². The molecule has 2 rings (SSSR count). The summed E-state index contributed by atoms with van der Waals surface area (Å²) in [6.07, 6.45) is -0.624. The molecular formula is C16H21NO6S. The van der Waals surface area contributed by atoms with Crippen molar-refractivity contribution in [2.75, 3.05) is 19.7 Å². The highest BCUT2D eigenvalue weighted by atomic mass is 32.2. The summed E-state index contributed by atoms with van der Waals surface area (Å²) < 4.78 is 36.4. The third-order valence-electron chi connectivity index (χ3n) is 3.91. The lowest BCUT2D eigenvalue weighted by molar-refractivity contribution is -0.145. The Hall–Kier alpha value is -1.93. The molecule has 1 saturated heterocycles. The number of carbonyl (C=O) groups is 2. The lowest BCUT2D eigenvalue weighted by Crippen LogP contribution is -2.31. The molecule has 132 valence electrons. The lowest BCUT2D eigenvalue weighted by atomic mass is 10.1. The summed E-state index contributed by atoms with van der Waals surface area (Å²) in [7, 11) is -3.68. The smallest absolute Gasteiger partial charge is 0.347 e. The Bertz CT molecular complexity index is 739. The van der Waals surface area contributed by atoms with Gasteiger partial charge in [0.05, 0.1) is 17.1 Å². The van der Waals surface area contributed by atoms with Crippen LogP contribution in [0.5, 0.6) is 0 Å². The van der Waals surface area contributed by atoms with Crippen LogP contribution in [-0.2, 0) is 24.3 Å². The second-order valence-corrected chi connectivity index (χ2v) is 7.35. The maximum atomic E-state index is 12.6. The zero-order valence-electron chi connectivity index (χ0n) is 13.9. The first-order valence-electron chi connectivity index (χ1n) is 7.79. The van der Waals surface area contributed by atoms with Crippen molar-refractivity contribution in [3.63, 3.8) is 0 Å². The minimum atomic E-state index is -3.68. The monoisotopic (exact) mass is 355 g/mol. The topological polar surface area (TPSA) is 90.0 Å². The fourth-order valence-corrected chi connectivity index (χ4v) is 3.96. The molecule has 1 heterocycles. The third-order valence-corrected chi connectivity index (χ3v) is 5.95. The third kappa shape index (κ3) is 3.59. The van der Waals surface area contributed by atoms with E-state index in [4.69, 9.17) is 9.47 Å².